The molecule has 0 aliphatic rings. The first-order valence-corrected chi connectivity index (χ1v) is 6.63. The molecule has 1 nitrogen and oxygen atoms in total. The van der Waals surface area contributed by atoms with Gasteiger partial charge in [0.15, 0.2) is 0 Å². The first-order valence-electron chi connectivity index (χ1n) is 2.75. The van der Waals surface area contributed by atoms with E-state index in [1.54, 1.807) is 0 Å². The van der Waals surface area contributed by atoms with E-state index < -0.39 is 6.04 Å². The molecule has 3 heteroatoms. The maximum atomic E-state index is 5.22. The molecule has 0 amide bonds. The maximum Gasteiger partial charge on any atom is -0.000541 e. The van der Waals surface area contributed by atoms with E-state index >= 15 is 0 Å². The maximum absolute atomic E-state index is 5.22. The minimum Gasteiger partial charge on any atom is -0.319 e. The summed E-state index contributed by atoms with van der Waals surface area (Å²) in [6, 6.07) is -0.911. The number of rotatable bonds is 3. The quantitative estimate of drug-likeness (QED) is 0.603. The summed E-state index contributed by atoms with van der Waals surface area (Å²) >= 11 is 5.22. The second-order valence-corrected chi connectivity index (χ2v) is 8.96. The fourth-order valence-electron chi connectivity index (χ4n) is 0.381. The van der Waals surface area contributed by atoms with Gasteiger partial charge in [0, 0.05) is 0 Å². The minimum absolute atomic E-state index is 0.911. The van der Waals surface area contributed by atoms with Gasteiger partial charge in [-0.3, -0.25) is 0 Å². The summed E-state index contributed by atoms with van der Waals surface area (Å²) in [6.45, 7) is 5.43. The van der Waals surface area contributed by atoms with Crippen molar-refractivity contribution in [1.82, 2.24) is 5.32 Å². The Kier molecular flexibility index (Phi) is 3.87. The van der Waals surface area contributed by atoms with Crippen molar-refractivity contribution < 1.29 is 0 Å². The molecule has 0 saturated heterocycles. The van der Waals surface area contributed by atoms with Gasteiger partial charge in [-0.05, 0) is 39.1 Å². The molecule has 0 aromatic rings. The van der Waals surface area contributed by atoms with Crippen LogP contribution in [0.4, 0.5) is 0 Å². The number of hydrogen-bond acceptors (Lipinski definition) is 2. The van der Waals surface area contributed by atoms with E-state index in [0.717, 1.165) is 6.54 Å². The largest absolute Gasteiger partial charge is 0.319 e. The van der Waals surface area contributed by atoms with Gasteiger partial charge in [-0.2, -0.15) is 0 Å². The smallest absolute Gasteiger partial charge is 0.000541 e. The van der Waals surface area contributed by atoms with Crippen LogP contribution in [0.25, 0.3) is 0 Å². The van der Waals surface area contributed by atoms with E-state index in [1.807, 2.05) is 7.05 Å². The molecule has 0 saturated carbocycles. The number of hydrogen-bond donors (Lipinski definition) is 1. The predicted octanol–water partition coefficient (Wildman–Crippen LogP) is 0.945. The monoisotopic (exact) mass is 151 g/mol. The Bertz CT molecular complexity index is 96.6. The van der Waals surface area contributed by atoms with Crippen molar-refractivity contribution in [3.05, 3.63) is 0 Å². The summed E-state index contributed by atoms with van der Waals surface area (Å²) in [4.78, 5) is 0. The SMILES string of the molecule is CNCCP(C)(C)=S. The van der Waals surface area contributed by atoms with Crippen LogP contribution in [0.2, 0.25) is 0 Å². The lowest BCUT2D eigenvalue weighted by Gasteiger charge is -2.07. The van der Waals surface area contributed by atoms with Crippen molar-refractivity contribution in [2.75, 3.05) is 33.1 Å². The highest BCUT2D eigenvalue weighted by Gasteiger charge is 1.98. The molecule has 0 radical (unpaired) electrons. The molecule has 1 N–H and O–H groups in total. The Hall–Kier alpha value is 0.610. The van der Waals surface area contributed by atoms with Crippen molar-refractivity contribution in [3.63, 3.8) is 0 Å². The molecule has 0 bridgehead atoms. The average Bonchev–Trinajstić information content (AvgIpc) is 1.59. The van der Waals surface area contributed by atoms with Gasteiger partial charge in [0.25, 0.3) is 0 Å². The van der Waals surface area contributed by atoms with Crippen molar-refractivity contribution in [2.45, 2.75) is 0 Å². The van der Waals surface area contributed by atoms with Gasteiger partial charge in [0.1, 0.15) is 0 Å². The third kappa shape index (κ3) is 6.61. The molecule has 0 atom stereocenters. The summed E-state index contributed by atoms with van der Waals surface area (Å²) in [5.74, 6) is 0. The molecule has 0 spiro atoms. The van der Waals surface area contributed by atoms with E-state index in [1.165, 1.54) is 6.16 Å². The highest BCUT2D eigenvalue weighted by Crippen LogP contribution is 2.34. The van der Waals surface area contributed by atoms with Crippen LogP contribution in [-0.4, -0.2) is 33.1 Å². The first kappa shape index (κ1) is 8.61. The molecule has 8 heavy (non-hydrogen) atoms. The summed E-state index contributed by atoms with van der Waals surface area (Å²) < 4.78 is 0. The second-order valence-electron chi connectivity index (χ2n) is 2.40. The molecule has 50 valence electrons. The zero-order chi connectivity index (χ0) is 6.62. The summed E-state index contributed by atoms with van der Waals surface area (Å²) in [7, 11) is 1.96. The molecule has 0 unspecified atom stereocenters. The van der Waals surface area contributed by atoms with E-state index in [9.17, 15) is 0 Å². The Labute approximate surface area is 56.9 Å². The molecular weight excluding hydrogens is 137 g/mol. The molecule has 0 fully saturated rings. The van der Waals surface area contributed by atoms with Gasteiger partial charge in [-0.1, -0.05) is 11.8 Å². The highest BCUT2D eigenvalue weighted by atomic mass is 32.4. The third-order valence-electron chi connectivity index (χ3n) is 0.900. The zero-order valence-electron chi connectivity index (χ0n) is 5.77. The van der Waals surface area contributed by atoms with Crippen LogP contribution in [0.3, 0.4) is 0 Å². The van der Waals surface area contributed by atoms with Gasteiger partial charge >= 0.3 is 0 Å². The minimum atomic E-state index is -0.911. The summed E-state index contributed by atoms with van der Waals surface area (Å²) in [6.07, 6.45) is 1.18. The predicted molar refractivity (Wildman–Crippen MR) is 44.9 cm³/mol. The second kappa shape index (κ2) is 3.60. The summed E-state index contributed by atoms with van der Waals surface area (Å²) in [5.41, 5.74) is 0. The lowest BCUT2D eigenvalue weighted by Crippen LogP contribution is -2.11. The molecule has 0 aliphatic heterocycles. The molecular formula is C5H14NPS. The van der Waals surface area contributed by atoms with Gasteiger partial charge < -0.3 is 5.32 Å². The van der Waals surface area contributed by atoms with Crippen LogP contribution in [0.5, 0.6) is 0 Å². The Morgan fingerprint density at radius 2 is 2.00 bits per heavy atom. The van der Waals surface area contributed by atoms with Crippen LogP contribution in [-0.2, 0) is 11.8 Å². The first-order chi connectivity index (χ1) is 3.56. The van der Waals surface area contributed by atoms with E-state index in [0.29, 0.717) is 0 Å². The molecule has 0 heterocycles. The highest BCUT2D eigenvalue weighted by molar-refractivity contribution is 8.14. The van der Waals surface area contributed by atoms with Crippen LogP contribution in [0.1, 0.15) is 0 Å². The van der Waals surface area contributed by atoms with Crippen molar-refractivity contribution >= 4 is 17.8 Å². The Morgan fingerprint density at radius 3 is 2.12 bits per heavy atom. The van der Waals surface area contributed by atoms with Crippen molar-refractivity contribution in [2.24, 2.45) is 0 Å². The fourth-order valence-corrected chi connectivity index (χ4v) is 1.42. The lowest BCUT2D eigenvalue weighted by molar-refractivity contribution is 0.868. The number of nitrogens with one attached hydrogen (secondary N) is 1. The summed E-state index contributed by atoms with van der Waals surface area (Å²) in [5, 5.41) is 3.09. The molecule has 0 aromatic carbocycles. The van der Waals surface area contributed by atoms with E-state index in [-0.39, 0.29) is 0 Å². The standard InChI is InChI=1S/C5H14NPS/c1-6-4-5-7(2,3)8/h6H,4-5H2,1-3H3. The molecule has 0 aliphatic carbocycles. The average molecular weight is 151 g/mol. The topological polar surface area (TPSA) is 12.0 Å². The normalized spacial score (nSPS) is 11.9. The van der Waals surface area contributed by atoms with Gasteiger partial charge in [0.05, 0.1) is 0 Å². The van der Waals surface area contributed by atoms with Crippen LogP contribution < -0.4 is 5.32 Å². The zero-order valence-corrected chi connectivity index (χ0v) is 7.48. The van der Waals surface area contributed by atoms with Crippen LogP contribution >= 0.6 is 6.04 Å². The van der Waals surface area contributed by atoms with Gasteiger partial charge in [0.2, 0.25) is 0 Å². The van der Waals surface area contributed by atoms with Gasteiger partial charge in [-0.25, -0.2) is 0 Å². The van der Waals surface area contributed by atoms with E-state index in [2.05, 4.69) is 18.6 Å². The van der Waals surface area contributed by atoms with E-state index in [4.69, 9.17) is 11.8 Å². The van der Waals surface area contributed by atoms with Crippen molar-refractivity contribution in [3.8, 4) is 0 Å². The van der Waals surface area contributed by atoms with Gasteiger partial charge in [-0.15, -0.1) is 0 Å². The lowest BCUT2D eigenvalue weighted by atomic mass is 10.8. The molecule has 0 rings (SSSR count). The molecule has 0 aromatic heterocycles. The Morgan fingerprint density at radius 1 is 1.50 bits per heavy atom. The third-order valence-corrected chi connectivity index (χ3v) is 2.75. The van der Waals surface area contributed by atoms with Crippen LogP contribution in [0, 0.1) is 0 Å². The van der Waals surface area contributed by atoms with Crippen LogP contribution in [0.15, 0.2) is 0 Å². The van der Waals surface area contributed by atoms with Crippen molar-refractivity contribution in [1.29, 1.82) is 0 Å². The fraction of sp³-hybridized carbons (Fsp3) is 1.00. The Balaban J connectivity index is 3.26.